The molecule has 4 rings (SSSR count). The van der Waals surface area contributed by atoms with Crippen LogP contribution in [0.5, 0.6) is 0 Å². The Labute approximate surface area is 218 Å². The van der Waals surface area contributed by atoms with Gasteiger partial charge in [-0.1, -0.05) is 19.3 Å². The third-order valence-electron chi connectivity index (χ3n) is 8.35. The van der Waals surface area contributed by atoms with Gasteiger partial charge in [0.25, 0.3) is 0 Å². The minimum absolute atomic E-state index is 0.208. The van der Waals surface area contributed by atoms with E-state index in [1.807, 2.05) is 6.07 Å². The molecule has 0 bridgehead atoms. The second-order valence-corrected chi connectivity index (χ2v) is 11.1. The van der Waals surface area contributed by atoms with Gasteiger partial charge in [0.05, 0.1) is 6.61 Å². The monoisotopic (exact) mass is 502 g/mol. The van der Waals surface area contributed by atoms with Gasteiger partial charge in [0.1, 0.15) is 11.6 Å². The first kappa shape index (κ1) is 27.4. The molecule has 3 aliphatic rings. The highest BCUT2D eigenvalue weighted by Crippen LogP contribution is 2.29. The van der Waals surface area contributed by atoms with Crippen LogP contribution in [0.1, 0.15) is 64.2 Å². The zero-order valence-electron chi connectivity index (χ0n) is 22.3. The van der Waals surface area contributed by atoms with Crippen molar-refractivity contribution in [1.82, 2.24) is 25.5 Å². The molecular formula is C27H50N8O. The summed E-state index contributed by atoms with van der Waals surface area (Å²) in [5, 5.41) is 20.2. The molecule has 9 nitrogen and oxygen atoms in total. The van der Waals surface area contributed by atoms with E-state index in [1.165, 1.54) is 70.8 Å². The van der Waals surface area contributed by atoms with E-state index in [4.69, 9.17) is 15.8 Å². The molecule has 0 spiro atoms. The van der Waals surface area contributed by atoms with E-state index in [0.717, 1.165) is 70.1 Å². The molecular weight excluding hydrogens is 452 g/mol. The van der Waals surface area contributed by atoms with Gasteiger partial charge in [-0.2, -0.15) is 9.97 Å². The van der Waals surface area contributed by atoms with Gasteiger partial charge in [-0.15, -0.1) is 0 Å². The fraction of sp³-hybridized carbons (Fsp3) is 0.852. The topological polar surface area (TPSA) is 115 Å². The SMILES string of the molecule is Nc1cc(NC[C@H]2CC[C@H](CNCCCNC3CCCCC3)CC2)nc(N2CCN(CCO)CC2)n1. The van der Waals surface area contributed by atoms with Crippen LogP contribution >= 0.6 is 0 Å². The molecule has 2 heterocycles. The molecule has 0 atom stereocenters. The Kier molecular flexibility index (Phi) is 11.3. The first-order valence-electron chi connectivity index (χ1n) is 14.6. The molecule has 1 aromatic rings. The van der Waals surface area contributed by atoms with Crippen molar-refractivity contribution < 1.29 is 5.11 Å². The number of nitrogens with zero attached hydrogens (tertiary/aromatic N) is 4. The van der Waals surface area contributed by atoms with Gasteiger partial charge in [-0.25, -0.2) is 0 Å². The number of piperazine rings is 1. The second-order valence-electron chi connectivity index (χ2n) is 11.1. The van der Waals surface area contributed by atoms with Crippen LogP contribution in [0.3, 0.4) is 0 Å². The summed E-state index contributed by atoms with van der Waals surface area (Å²) < 4.78 is 0. The molecule has 0 unspecified atom stereocenters. The number of nitrogens with two attached hydrogens (primary N) is 1. The Morgan fingerprint density at radius 2 is 1.61 bits per heavy atom. The molecule has 1 aromatic heterocycles. The maximum Gasteiger partial charge on any atom is 0.229 e. The van der Waals surface area contributed by atoms with Crippen molar-refractivity contribution >= 4 is 17.6 Å². The Hall–Kier alpha value is -1.68. The molecule has 6 N–H and O–H groups in total. The second kappa shape index (κ2) is 14.9. The lowest BCUT2D eigenvalue weighted by molar-refractivity contribution is 0.188. The summed E-state index contributed by atoms with van der Waals surface area (Å²) in [7, 11) is 0. The van der Waals surface area contributed by atoms with Crippen molar-refractivity contribution in [2.45, 2.75) is 70.3 Å². The molecule has 0 amide bonds. The number of aliphatic hydroxyl groups is 1. The maximum atomic E-state index is 9.15. The van der Waals surface area contributed by atoms with Gasteiger partial charge < -0.3 is 31.7 Å². The minimum Gasteiger partial charge on any atom is -0.395 e. The minimum atomic E-state index is 0.208. The highest BCUT2D eigenvalue weighted by molar-refractivity contribution is 5.51. The number of aliphatic hydroxyl groups excluding tert-OH is 1. The quantitative estimate of drug-likeness (QED) is 0.259. The Morgan fingerprint density at radius 1 is 0.889 bits per heavy atom. The average Bonchev–Trinajstić information content (AvgIpc) is 2.91. The standard InChI is InChI=1S/C27H50N8O/c28-25-19-26(33-27(32-25)35-15-13-34(14-16-35)17-18-36)31-21-23-9-7-22(8-10-23)20-29-11-4-12-30-24-5-2-1-3-6-24/h19,22-24,29-30,36H,1-18,20-21H2,(H3,28,31,32,33)/t22-,23-. The van der Waals surface area contributed by atoms with Crippen LogP contribution in [0.2, 0.25) is 0 Å². The Bertz CT molecular complexity index is 743. The Balaban J connectivity index is 1.08. The first-order valence-corrected chi connectivity index (χ1v) is 14.6. The van der Waals surface area contributed by atoms with Crippen molar-refractivity contribution in [1.29, 1.82) is 0 Å². The number of nitrogen functional groups attached to an aromatic ring is 1. The molecule has 204 valence electrons. The van der Waals surface area contributed by atoms with Gasteiger partial charge >= 0.3 is 0 Å². The van der Waals surface area contributed by atoms with Crippen LogP contribution in [-0.4, -0.2) is 91.5 Å². The maximum absolute atomic E-state index is 9.15. The van der Waals surface area contributed by atoms with Crippen molar-refractivity contribution in [2.24, 2.45) is 11.8 Å². The summed E-state index contributed by atoms with van der Waals surface area (Å²) in [6, 6.07) is 2.63. The van der Waals surface area contributed by atoms with Crippen molar-refractivity contribution in [3.8, 4) is 0 Å². The van der Waals surface area contributed by atoms with Gasteiger partial charge in [0.2, 0.25) is 5.95 Å². The van der Waals surface area contributed by atoms with Gasteiger partial charge in [0, 0.05) is 51.4 Å². The van der Waals surface area contributed by atoms with Crippen LogP contribution in [0.4, 0.5) is 17.6 Å². The molecule has 3 fully saturated rings. The molecule has 2 aliphatic carbocycles. The highest BCUT2D eigenvalue weighted by atomic mass is 16.3. The number of rotatable bonds is 13. The number of β-amino-alcohol motifs (C(OH)–C–C–N with tert-alkyl or cyclic N) is 1. The van der Waals surface area contributed by atoms with Crippen LogP contribution in [0, 0.1) is 11.8 Å². The summed E-state index contributed by atoms with van der Waals surface area (Å²) in [6.45, 7) is 8.90. The van der Waals surface area contributed by atoms with E-state index in [-0.39, 0.29) is 6.61 Å². The van der Waals surface area contributed by atoms with E-state index in [2.05, 4.69) is 30.7 Å². The third kappa shape index (κ3) is 9.01. The first-order chi connectivity index (χ1) is 17.7. The van der Waals surface area contributed by atoms with E-state index in [1.54, 1.807) is 0 Å². The molecule has 2 saturated carbocycles. The van der Waals surface area contributed by atoms with Crippen LogP contribution in [-0.2, 0) is 0 Å². The molecule has 9 heteroatoms. The number of anilines is 3. The smallest absolute Gasteiger partial charge is 0.229 e. The van der Waals surface area contributed by atoms with Crippen LogP contribution in [0.25, 0.3) is 0 Å². The molecule has 0 aromatic carbocycles. The lowest BCUT2D eigenvalue weighted by Crippen LogP contribution is -2.47. The zero-order chi connectivity index (χ0) is 25.0. The number of hydrogen-bond donors (Lipinski definition) is 5. The molecule has 36 heavy (non-hydrogen) atoms. The summed E-state index contributed by atoms with van der Waals surface area (Å²) >= 11 is 0. The number of aromatic nitrogens is 2. The van der Waals surface area contributed by atoms with Crippen LogP contribution < -0.4 is 26.6 Å². The lowest BCUT2D eigenvalue weighted by atomic mass is 9.82. The largest absolute Gasteiger partial charge is 0.395 e. The fourth-order valence-corrected chi connectivity index (χ4v) is 6.02. The van der Waals surface area contributed by atoms with Crippen molar-refractivity contribution in [3.05, 3.63) is 6.07 Å². The lowest BCUT2D eigenvalue weighted by Gasteiger charge is -2.34. The zero-order valence-corrected chi connectivity index (χ0v) is 22.3. The van der Waals surface area contributed by atoms with E-state index in [9.17, 15) is 0 Å². The predicted molar refractivity (Wildman–Crippen MR) is 148 cm³/mol. The predicted octanol–water partition coefficient (Wildman–Crippen LogP) is 2.29. The number of nitrogens with one attached hydrogen (secondary N) is 3. The third-order valence-corrected chi connectivity index (χ3v) is 8.35. The van der Waals surface area contributed by atoms with E-state index < -0.39 is 0 Å². The summed E-state index contributed by atoms with van der Waals surface area (Å²) in [5.41, 5.74) is 6.11. The Morgan fingerprint density at radius 3 is 2.33 bits per heavy atom. The van der Waals surface area contributed by atoms with E-state index >= 15 is 0 Å². The van der Waals surface area contributed by atoms with E-state index in [0.29, 0.717) is 17.7 Å². The summed E-state index contributed by atoms with van der Waals surface area (Å²) in [6.07, 6.45) is 13.4. The molecule has 1 aliphatic heterocycles. The van der Waals surface area contributed by atoms with Gasteiger partial charge in [-0.3, -0.25) is 4.90 Å². The highest BCUT2D eigenvalue weighted by Gasteiger charge is 2.22. The number of hydrogen-bond acceptors (Lipinski definition) is 9. The summed E-state index contributed by atoms with van der Waals surface area (Å²) in [5.74, 6) is 3.58. The van der Waals surface area contributed by atoms with Crippen molar-refractivity contribution in [3.63, 3.8) is 0 Å². The van der Waals surface area contributed by atoms with Gasteiger partial charge in [0.15, 0.2) is 0 Å². The molecule has 1 saturated heterocycles. The molecule has 0 radical (unpaired) electrons. The van der Waals surface area contributed by atoms with Gasteiger partial charge in [-0.05, 0) is 76.4 Å². The van der Waals surface area contributed by atoms with Crippen molar-refractivity contribution in [2.75, 3.05) is 81.5 Å². The summed E-state index contributed by atoms with van der Waals surface area (Å²) in [4.78, 5) is 13.7. The van der Waals surface area contributed by atoms with Crippen LogP contribution in [0.15, 0.2) is 6.07 Å². The fourth-order valence-electron chi connectivity index (χ4n) is 6.02. The average molecular weight is 503 g/mol. The normalized spacial score (nSPS) is 24.2.